The Kier molecular flexibility index (Phi) is 4.44. The first-order valence-corrected chi connectivity index (χ1v) is 6.96. The summed E-state index contributed by atoms with van der Waals surface area (Å²) >= 11 is 4.84. The number of benzene rings is 1. The van der Waals surface area contributed by atoms with Crippen LogP contribution in [0.5, 0.6) is 0 Å². The number of nitrogens with zero attached hydrogens (tertiary/aromatic N) is 3. The summed E-state index contributed by atoms with van der Waals surface area (Å²) in [5, 5.41) is 4.38. The summed E-state index contributed by atoms with van der Waals surface area (Å²) in [4.78, 5) is 4.60. The van der Waals surface area contributed by atoms with Crippen LogP contribution in [0.4, 0.5) is 4.39 Å². The largest absolute Gasteiger partial charge is 0.389 e. The molecule has 0 saturated carbocycles. The maximum atomic E-state index is 14.0. The van der Waals surface area contributed by atoms with E-state index in [0.29, 0.717) is 17.7 Å². The Morgan fingerprint density at radius 3 is 2.65 bits per heavy atom. The van der Waals surface area contributed by atoms with Crippen LogP contribution in [0.2, 0.25) is 0 Å². The molecular weight excluding hydrogens is 275 g/mol. The number of aryl methyl sites for hydroxylation is 2. The summed E-state index contributed by atoms with van der Waals surface area (Å²) in [6.07, 6.45) is 1.53. The van der Waals surface area contributed by atoms with E-state index >= 15 is 0 Å². The predicted molar refractivity (Wildman–Crippen MR) is 80.2 cm³/mol. The van der Waals surface area contributed by atoms with Crippen molar-refractivity contribution in [3.63, 3.8) is 0 Å². The number of hydrogen-bond donors (Lipinski definition) is 1. The van der Waals surface area contributed by atoms with Crippen molar-refractivity contribution in [3.8, 4) is 0 Å². The van der Waals surface area contributed by atoms with E-state index in [2.05, 4.69) is 10.1 Å². The number of nitrogens with two attached hydrogens (primary N) is 1. The number of thiocarbonyl (C=S) groups is 1. The molecule has 2 N–H and O–H groups in total. The van der Waals surface area contributed by atoms with E-state index in [9.17, 15) is 4.39 Å². The zero-order chi connectivity index (χ0) is 14.7. The smallest absolute Gasteiger partial charge is 0.150 e. The van der Waals surface area contributed by atoms with Crippen LogP contribution in [-0.2, 0) is 19.4 Å². The quantitative estimate of drug-likeness (QED) is 0.859. The van der Waals surface area contributed by atoms with Crippen molar-refractivity contribution >= 4 is 17.2 Å². The standard InChI is InChI=1S/C14H17FN4S/c1-3-12-17-13(4-2)19(18-12)8-10-6-5-9(14(16)20)7-11(10)15/h5-7H,3-4,8H2,1-2H3,(H2,16,20). The Morgan fingerprint density at radius 2 is 2.10 bits per heavy atom. The second-order valence-corrected chi connectivity index (χ2v) is 4.92. The first-order chi connectivity index (χ1) is 9.55. The van der Waals surface area contributed by atoms with Gasteiger partial charge in [0, 0.05) is 24.0 Å². The predicted octanol–water partition coefficient (Wildman–Crippen LogP) is 2.22. The first-order valence-electron chi connectivity index (χ1n) is 6.56. The molecule has 1 aromatic heterocycles. The third-order valence-electron chi connectivity index (χ3n) is 3.08. The van der Waals surface area contributed by atoms with E-state index in [0.717, 1.165) is 24.5 Å². The molecule has 1 aromatic carbocycles. The molecule has 0 amide bonds. The molecule has 1 heterocycles. The van der Waals surface area contributed by atoms with Gasteiger partial charge in [-0.25, -0.2) is 14.1 Å². The monoisotopic (exact) mass is 292 g/mol. The molecule has 2 aromatic rings. The van der Waals surface area contributed by atoms with Crippen LogP contribution in [0.15, 0.2) is 18.2 Å². The molecule has 6 heteroatoms. The lowest BCUT2D eigenvalue weighted by atomic mass is 10.1. The highest BCUT2D eigenvalue weighted by Gasteiger charge is 2.11. The number of aromatic nitrogens is 3. The number of rotatable bonds is 5. The second kappa shape index (κ2) is 6.09. The maximum Gasteiger partial charge on any atom is 0.150 e. The summed E-state index contributed by atoms with van der Waals surface area (Å²) in [5.74, 6) is 1.31. The molecule has 2 rings (SSSR count). The molecule has 0 aliphatic carbocycles. The molecule has 0 fully saturated rings. The summed E-state index contributed by atoms with van der Waals surface area (Å²) in [6, 6.07) is 4.78. The average molecular weight is 292 g/mol. The molecule has 106 valence electrons. The van der Waals surface area contributed by atoms with Gasteiger partial charge in [-0.05, 0) is 6.07 Å². The van der Waals surface area contributed by atoms with Crippen molar-refractivity contribution in [1.29, 1.82) is 0 Å². The Morgan fingerprint density at radius 1 is 1.35 bits per heavy atom. The molecule has 0 radical (unpaired) electrons. The van der Waals surface area contributed by atoms with Crippen LogP contribution in [-0.4, -0.2) is 19.8 Å². The Bertz CT molecular complexity index is 636. The molecule has 0 bridgehead atoms. The normalized spacial score (nSPS) is 10.8. The zero-order valence-electron chi connectivity index (χ0n) is 11.6. The fraction of sp³-hybridized carbons (Fsp3) is 0.357. The lowest BCUT2D eigenvalue weighted by molar-refractivity contribution is 0.572. The number of halogens is 1. The molecule has 0 unspecified atom stereocenters. The highest BCUT2D eigenvalue weighted by molar-refractivity contribution is 7.80. The molecule has 0 atom stereocenters. The SMILES string of the molecule is CCc1nc(CC)n(Cc2ccc(C(N)=S)cc2F)n1. The molecule has 4 nitrogen and oxygen atoms in total. The Balaban J connectivity index is 2.30. The highest BCUT2D eigenvalue weighted by Crippen LogP contribution is 2.13. The van der Waals surface area contributed by atoms with Crippen LogP contribution in [0, 0.1) is 5.82 Å². The van der Waals surface area contributed by atoms with Crippen LogP contribution in [0.1, 0.15) is 36.6 Å². The van der Waals surface area contributed by atoms with E-state index in [1.807, 2.05) is 13.8 Å². The van der Waals surface area contributed by atoms with Gasteiger partial charge in [-0.3, -0.25) is 0 Å². The van der Waals surface area contributed by atoms with Crippen molar-refractivity contribution in [3.05, 3.63) is 46.8 Å². The van der Waals surface area contributed by atoms with Crippen molar-refractivity contribution in [2.24, 2.45) is 5.73 Å². The Hall–Kier alpha value is -1.82. The van der Waals surface area contributed by atoms with Gasteiger partial charge < -0.3 is 5.73 Å². The van der Waals surface area contributed by atoms with Crippen LogP contribution in [0.25, 0.3) is 0 Å². The first kappa shape index (κ1) is 14.6. The molecular formula is C14H17FN4S. The van der Waals surface area contributed by atoms with E-state index < -0.39 is 0 Å². The van der Waals surface area contributed by atoms with E-state index in [4.69, 9.17) is 18.0 Å². The number of hydrogen-bond acceptors (Lipinski definition) is 3. The summed E-state index contributed by atoms with van der Waals surface area (Å²) in [5.41, 5.74) is 6.57. The fourth-order valence-electron chi connectivity index (χ4n) is 1.95. The van der Waals surface area contributed by atoms with E-state index in [1.54, 1.807) is 16.8 Å². The van der Waals surface area contributed by atoms with Crippen molar-refractivity contribution < 1.29 is 4.39 Å². The summed E-state index contributed by atoms with van der Waals surface area (Å²) in [6.45, 7) is 4.36. The van der Waals surface area contributed by atoms with Gasteiger partial charge in [-0.15, -0.1) is 0 Å². The van der Waals surface area contributed by atoms with Crippen LogP contribution in [0.3, 0.4) is 0 Å². The van der Waals surface area contributed by atoms with Gasteiger partial charge in [0.25, 0.3) is 0 Å². The summed E-state index contributed by atoms with van der Waals surface area (Å²) in [7, 11) is 0. The fourth-order valence-corrected chi connectivity index (χ4v) is 2.08. The van der Waals surface area contributed by atoms with Gasteiger partial charge in [0.05, 0.1) is 6.54 Å². The maximum absolute atomic E-state index is 14.0. The van der Waals surface area contributed by atoms with Crippen molar-refractivity contribution in [2.45, 2.75) is 33.2 Å². The Labute approximate surface area is 122 Å². The van der Waals surface area contributed by atoms with E-state index in [1.165, 1.54) is 6.07 Å². The van der Waals surface area contributed by atoms with Crippen LogP contribution < -0.4 is 5.73 Å². The van der Waals surface area contributed by atoms with Crippen LogP contribution >= 0.6 is 12.2 Å². The average Bonchev–Trinajstić information content (AvgIpc) is 2.83. The lowest BCUT2D eigenvalue weighted by Gasteiger charge is -2.07. The zero-order valence-corrected chi connectivity index (χ0v) is 12.4. The van der Waals surface area contributed by atoms with Gasteiger partial charge in [-0.1, -0.05) is 38.2 Å². The summed E-state index contributed by atoms with van der Waals surface area (Å²) < 4.78 is 15.8. The van der Waals surface area contributed by atoms with Gasteiger partial charge in [0.1, 0.15) is 16.6 Å². The lowest BCUT2D eigenvalue weighted by Crippen LogP contribution is -2.12. The van der Waals surface area contributed by atoms with Gasteiger partial charge in [0.2, 0.25) is 0 Å². The highest BCUT2D eigenvalue weighted by atomic mass is 32.1. The molecule has 0 aliphatic heterocycles. The molecule has 0 spiro atoms. The minimum Gasteiger partial charge on any atom is -0.389 e. The van der Waals surface area contributed by atoms with Crippen molar-refractivity contribution in [1.82, 2.24) is 14.8 Å². The molecule has 0 aliphatic rings. The van der Waals surface area contributed by atoms with E-state index in [-0.39, 0.29) is 10.8 Å². The topological polar surface area (TPSA) is 56.7 Å². The minimum absolute atomic E-state index is 0.193. The van der Waals surface area contributed by atoms with Gasteiger partial charge in [-0.2, -0.15) is 5.10 Å². The van der Waals surface area contributed by atoms with Gasteiger partial charge in [0.15, 0.2) is 5.82 Å². The third-order valence-corrected chi connectivity index (χ3v) is 3.32. The molecule has 0 saturated heterocycles. The minimum atomic E-state index is -0.328. The van der Waals surface area contributed by atoms with Gasteiger partial charge >= 0.3 is 0 Å². The van der Waals surface area contributed by atoms with Crippen molar-refractivity contribution in [2.75, 3.05) is 0 Å². The molecule has 20 heavy (non-hydrogen) atoms. The third kappa shape index (κ3) is 3.01. The second-order valence-electron chi connectivity index (χ2n) is 4.48.